The first-order valence-electron chi connectivity index (χ1n) is 9.20. The minimum Gasteiger partial charge on any atom is -0.482 e. The van der Waals surface area contributed by atoms with Crippen LogP contribution in [0.3, 0.4) is 0 Å². The molecule has 0 amide bonds. The maximum Gasteiger partial charge on any atom is 0.408 e. The molecule has 3 aromatic rings. The summed E-state index contributed by atoms with van der Waals surface area (Å²) in [5.41, 5.74) is 0.379. The Hall–Kier alpha value is -3.21. The molecule has 0 unspecified atom stereocenters. The largest absolute Gasteiger partial charge is 0.482 e. The van der Waals surface area contributed by atoms with Crippen LogP contribution >= 0.6 is 0 Å². The lowest BCUT2D eigenvalue weighted by Gasteiger charge is -2.15. The fourth-order valence-corrected chi connectivity index (χ4v) is 3.58. The molecule has 0 atom stereocenters. The van der Waals surface area contributed by atoms with Gasteiger partial charge in [0.15, 0.2) is 15.6 Å². The minimum atomic E-state index is -4.68. The van der Waals surface area contributed by atoms with Gasteiger partial charge in [0.25, 0.3) is 0 Å². The molecule has 0 spiro atoms. The fourth-order valence-electron chi connectivity index (χ4n) is 2.95. The minimum absolute atomic E-state index is 0.0315. The number of aryl methyl sites for hydroxylation is 1. The molecule has 0 bridgehead atoms. The number of hydrogen-bond acceptors (Lipinski definition) is 5. The molecule has 0 saturated carbocycles. The van der Waals surface area contributed by atoms with Crippen molar-refractivity contribution in [1.29, 1.82) is 0 Å². The van der Waals surface area contributed by atoms with E-state index in [1.807, 2.05) is 0 Å². The zero-order chi connectivity index (χ0) is 23.7. The van der Waals surface area contributed by atoms with E-state index in [-0.39, 0.29) is 27.5 Å². The fraction of sp³-hybridized carbons (Fsp3) is 0.238. The Morgan fingerprint density at radius 3 is 2.31 bits per heavy atom. The number of rotatable bonds is 6. The van der Waals surface area contributed by atoms with Crippen LogP contribution < -0.4 is 10.3 Å². The van der Waals surface area contributed by atoms with Crippen LogP contribution in [0.5, 0.6) is 5.75 Å². The maximum absolute atomic E-state index is 13.3. The SMILES string of the molecule is Cc1cc(F)ccc1COc1c(-c2ccc(S(C)(=O)=O)cc2)cnn(CC(F)(F)F)c1=O. The van der Waals surface area contributed by atoms with Crippen LogP contribution in [0.15, 0.2) is 58.4 Å². The van der Waals surface area contributed by atoms with Crippen molar-refractivity contribution in [2.45, 2.75) is 31.1 Å². The van der Waals surface area contributed by atoms with E-state index in [2.05, 4.69) is 5.10 Å². The number of halogens is 4. The molecule has 0 saturated heterocycles. The lowest BCUT2D eigenvalue weighted by molar-refractivity contribution is -0.143. The first-order chi connectivity index (χ1) is 14.8. The van der Waals surface area contributed by atoms with Gasteiger partial charge in [0.05, 0.1) is 11.1 Å². The van der Waals surface area contributed by atoms with Gasteiger partial charge in [-0.05, 0) is 47.9 Å². The highest BCUT2D eigenvalue weighted by molar-refractivity contribution is 7.90. The van der Waals surface area contributed by atoms with E-state index in [0.29, 0.717) is 16.7 Å². The highest BCUT2D eigenvalue weighted by Gasteiger charge is 2.30. The Morgan fingerprint density at radius 2 is 1.75 bits per heavy atom. The van der Waals surface area contributed by atoms with E-state index in [1.165, 1.54) is 42.5 Å². The second-order valence-corrected chi connectivity index (χ2v) is 9.14. The molecule has 1 heterocycles. The van der Waals surface area contributed by atoms with Gasteiger partial charge in [-0.15, -0.1) is 0 Å². The van der Waals surface area contributed by atoms with Crippen molar-refractivity contribution in [3.8, 4) is 16.9 Å². The van der Waals surface area contributed by atoms with Crippen molar-refractivity contribution < 1.29 is 30.7 Å². The third-order valence-electron chi connectivity index (χ3n) is 4.60. The van der Waals surface area contributed by atoms with Gasteiger partial charge < -0.3 is 4.74 Å². The van der Waals surface area contributed by atoms with Gasteiger partial charge in [0.1, 0.15) is 19.0 Å². The summed E-state index contributed by atoms with van der Waals surface area (Å²) in [6, 6.07) is 9.32. The normalized spacial score (nSPS) is 12.1. The van der Waals surface area contributed by atoms with Crippen LogP contribution in [0.2, 0.25) is 0 Å². The highest BCUT2D eigenvalue weighted by Crippen LogP contribution is 2.29. The summed E-state index contributed by atoms with van der Waals surface area (Å²) in [7, 11) is -3.47. The number of alkyl halides is 3. The van der Waals surface area contributed by atoms with E-state index in [4.69, 9.17) is 4.74 Å². The average Bonchev–Trinajstić information content (AvgIpc) is 2.68. The van der Waals surface area contributed by atoms with Gasteiger partial charge in [-0.3, -0.25) is 4.79 Å². The monoisotopic (exact) mass is 470 g/mol. The summed E-state index contributed by atoms with van der Waals surface area (Å²) in [5.74, 6) is -0.852. The van der Waals surface area contributed by atoms with E-state index in [1.54, 1.807) is 6.92 Å². The van der Waals surface area contributed by atoms with Crippen LogP contribution in [0.1, 0.15) is 11.1 Å². The summed E-state index contributed by atoms with van der Waals surface area (Å²) in [6.45, 7) is -0.183. The van der Waals surface area contributed by atoms with Gasteiger partial charge in [-0.2, -0.15) is 18.3 Å². The quantitative estimate of drug-likeness (QED) is 0.511. The third kappa shape index (κ3) is 5.52. The molecule has 0 N–H and O–H groups in total. The highest BCUT2D eigenvalue weighted by atomic mass is 32.2. The molecule has 2 aromatic carbocycles. The molecule has 0 radical (unpaired) electrons. The molecule has 0 aliphatic carbocycles. The molecule has 0 aliphatic heterocycles. The standard InChI is InChI=1S/C21H18F4N2O4S/c1-13-9-16(22)6-3-15(13)11-31-19-18(10-26-27(20(19)28)12-21(23,24)25)14-4-7-17(8-5-14)32(2,29)30/h3-10H,11-12H2,1-2H3. The molecular formula is C21H18F4N2O4S. The smallest absolute Gasteiger partial charge is 0.408 e. The van der Waals surface area contributed by atoms with Crippen molar-refractivity contribution in [2.24, 2.45) is 0 Å². The predicted octanol–water partition coefficient (Wildman–Crippen LogP) is 3.90. The second-order valence-electron chi connectivity index (χ2n) is 7.12. The Bertz CT molecular complexity index is 1300. The van der Waals surface area contributed by atoms with Crippen molar-refractivity contribution >= 4 is 9.84 Å². The zero-order valence-electron chi connectivity index (χ0n) is 17.0. The Labute approximate surface area is 181 Å². The topological polar surface area (TPSA) is 78.3 Å². The number of aromatic nitrogens is 2. The molecule has 170 valence electrons. The second kappa shape index (κ2) is 8.73. The first kappa shape index (κ1) is 23.5. The van der Waals surface area contributed by atoms with Gasteiger partial charge in [0.2, 0.25) is 0 Å². The zero-order valence-corrected chi connectivity index (χ0v) is 17.8. The molecule has 0 aliphatic rings. The van der Waals surface area contributed by atoms with E-state index in [9.17, 15) is 30.8 Å². The van der Waals surface area contributed by atoms with E-state index < -0.39 is 33.9 Å². The molecule has 32 heavy (non-hydrogen) atoms. The average molecular weight is 470 g/mol. The first-order valence-corrected chi connectivity index (χ1v) is 11.1. The van der Waals surface area contributed by atoms with Crippen LogP contribution in [0.25, 0.3) is 11.1 Å². The summed E-state index contributed by atoms with van der Waals surface area (Å²) in [4.78, 5) is 12.8. The summed E-state index contributed by atoms with van der Waals surface area (Å²) < 4.78 is 81.0. The number of benzene rings is 2. The lowest BCUT2D eigenvalue weighted by atomic mass is 10.1. The van der Waals surface area contributed by atoms with E-state index >= 15 is 0 Å². The number of nitrogens with zero attached hydrogens (tertiary/aromatic N) is 2. The van der Waals surface area contributed by atoms with Gasteiger partial charge >= 0.3 is 11.7 Å². The summed E-state index contributed by atoms with van der Waals surface area (Å²) >= 11 is 0. The number of hydrogen-bond donors (Lipinski definition) is 0. The molecule has 3 rings (SSSR count). The predicted molar refractivity (Wildman–Crippen MR) is 109 cm³/mol. The van der Waals surface area contributed by atoms with E-state index in [0.717, 1.165) is 12.5 Å². The van der Waals surface area contributed by atoms with Crippen molar-refractivity contribution in [1.82, 2.24) is 9.78 Å². The van der Waals surface area contributed by atoms with Gasteiger partial charge in [0, 0.05) is 11.8 Å². The molecule has 11 heteroatoms. The van der Waals surface area contributed by atoms with Crippen LogP contribution in [-0.2, 0) is 23.0 Å². The Kier molecular flexibility index (Phi) is 6.40. The van der Waals surface area contributed by atoms with Gasteiger partial charge in [-0.25, -0.2) is 17.5 Å². The summed E-state index contributed by atoms with van der Waals surface area (Å²) in [5, 5.41) is 3.59. The van der Waals surface area contributed by atoms with Crippen LogP contribution in [0, 0.1) is 12.7 Å². The van der Waals surface area contributed by atoms with Crippen molar-refractivity contribution in [2.75, 3.05) is 6.26 Å². The Morgan fingerprint density at radius 1 is 1.09 bits per heavy atom. The number of sulfone groups is 1. The third-order valence-corrected chi connectivity index (χ3v) is 5.73. The molecule has 1 aromatic heterocycles. The molecule has 0 fully saturated rings. The lowest BCUT2D eigenvalue weighted by Crippen LogP contribution is -2.31. The summed E-state index contributed by atoms with van der Waals surface area (Å²) in [6.07, 6.45) is -2.60. The maximum atomic E-state index is 13.3. The van der Waals surface area contributed by atoms with Crippen LogP contribution in [0.4, 0.5) is 17.6 Å². The number of ether oxygens (including phenoxy) is 1. The Balaban J connectivity index is 2.06. The van der Waals surface area contributed by atoms with Crippen LogP contribution in [-0.4, -0.2) is 30.6 Å². The van der Waals surface area contributed by atoms with Crippen molar-refractivity contribution in [3.63, 3.8) is 0 Å². The van der Waals surface area contributed by atoms with Crippen molar-refractivity contribution in [3.05, 3.63) is 76.0 Å². The molecular weight excluding hydrogens is 452 g/mol. The molecule has 6 nitrogen and oxygen atoms in total. The van der Waals surface area contributed by atoms with Gasteiger partial charge in [-0.1, -0.05) is 18.2 Å².